The van der Waals surface area contributed by atoms with Crippen molar-refractivity contribution in [1.82, 2.24) is 10.3 Å². The maximum Gasteiger partial charge on any atom is 0.263 e. The molecule has 7 heteroatoms. The number of nitrogens with zero attached hydrogens (tertiary/aromatic N) is 1. The molecule has 1 amide bonds. The lowest BCUT2D eigenvalue weighted by molar-refractivity contribution is 0.0958. The standard InChI is InChI=1S/C11H16N2O3S2/c1-3-5-6-7-12-10(14)9-8-13-11(17-9)18(15,16)4-2/h3,5,8H,4,6-7H2,1-2H3,(H,12,14)/b5-3-. The maximum absolute atomic E-state index is 11.7. The van der Waals surface area contributed by atoms with Crippen molar-refractivity contribution in [2.75, 3.05) is 12.3 Å². The molecule has 100 valence electrons. The number of nitrogens with one attached hydrogen (secondary N) is 1. The van der Waals surface area contributed by atoms with Gasteiger partial charge in [0.25, 0.3) is 5.91 Å². The SMILES string of the molecule is C/C=C\CCNC(=O)c1cnc(S(=O)(=O)CC)s1. The van der Waals surface area contributed by atoms with Gasteiger partial charge in [0.1, 0.15) is 4.88 Å². The lowest BCUT2D eigenvalue weighted by Crippen LogP contribution is -2.23. The summed E-state index contributed by atoms with van der Waals surface area (Å²) in [6, 6.07) is 0. The van der Waals surface area contributed by atoms with E-state index in [0.29, 0.717) is 11.4 Å². The first-order valence-corrected chi connectivity index (χ1v) is 8.06. The van der Waals surface area contributed by atoms with Gasteiger partial charge in [-0.2, -0.15) is 0 Å². The molecule has 0 saturated carbocycles. The molecule has 1 aromatic rings. The molecule has 1 rings (SSSR count). The van der Waals surface area contributed by atoms with E-state index in [4.69, 9.17) is 0 Å². The summed E-state index contributed by atoms with van der Waals surface area (Å²) in [4.78, 5) is 15.8. The normalized spacial score (nSPS) is 11.9. The van der Waals surface area contributed by atoms with Gasteiger partial charge in [0.2, 0.25) is 14.2 Å². The second-order valence-electron chi connectivity index (χ2n) is 3.51. The van der Waals surface area contributed by atoms with E-state index in [9.17, 15) is 13.2 Å². The number of carbonyl (C=O) groups is 1. The summed E-state index contributed by atoms with van der Waals surface area (Å²) in [5.74, 6) is -0.294. The highest BCUT2D eigenvalue weighted by atomic mass is 32.2. The van der Waals surface area contributed by atoms with Crippen LogP contribution >= 0.6 is 11.3 Å². The van der Waals surface area contributed by atoms with Crippen molar-refractivity contribution in [3.8, 4) is 0 Å². The number of allylic oxidation sites excluding steroid dienone is 1. The Morgan fingerprint density at radius 3 is 2.89 bits per heavy atom. The molecule has 0 saturated heterocycles. The molecule has 5 nitrogen and oxygen atoms in total. The van der Waals surface area contributed by atoms with Crippen LogP contribution in [0.4, 0.5) is 0 Å². The summed E-state index contributed by atoms with van der Waals surface area (Å²) < 4.78 is 23.1. The third-order valence-corrected chi connectivity index (χ3v) is 5.39. The van der Waals surface area contributed by atoms with Crippen LogP contribution in [-0.2, 0) is 9.84 Å². The molecule has 0 fully saturated rings. The lowest BCUT2D eigenvalue weighted by Gasteiger charge is -1.99. The van der Waals surface area contributed by atoms with Gasteiger partial charge < -0.3 is 5.32 Å². The highest BCUT2D eigenvalue weighted by Crippen LogP contribution is 2.19. The van der Waals surface area contributed by atoms with E-state index in [0.717, 1.165) is 17.8 Å². The van der Waals surface area contributed by atoms with Gasteiger partial charge in [0.05, 0.1) is 11.9 Å². The number of hydrogen-bond donors (Lipinski definition) is 1. The van der Waals surface area contributed by atoms with Crippen molar-refractivity contribution in [1.29, 1.82) is 0 Å². The summed E-state index contributed by atoms with van der Waals surface area (Å²) in [6.45, 7) is 3.98. The van der Waals surface area contributed by atoms with Crippen LogP contribution in [0.2, 0.25) is 0 Å². The van der Waals surface area contributed by atoms with Crippen molar-refractivity contribution in [2.45, 2.75) is 24.6 Å². The fraction of sp³-hybridized carbons (Fsp3) is 0.455. The van der Waals surface area contributed by atoms with Crippen LogP contribution in [0, 0.1) is 0 Å². The number of sulfone groups is 1. The van der Waals surface area contributed by atoms with Gasteiger partial charge in [-0.3, -0.25) is 4.79 Å². The van der Waals surface area contributed by atoms with Crippen LogP contribution in [0.25, 0.3) is 0 Å². The van der Waals surface area contributed by atoms with Crippen LogP contribution in [0.1, 0.15) is 29.9 Å². The molecule has 1 aromatic heterocycles. The highest BCUT2D eigenvalue weighted by molar-refractivity contribution is 7.93. The first-order valence-electron chi connectivity index (χ1n) is 5.59. The number of aromatic nitrogens is 1. The summed E-state index contributed by atoms with van der Waals surface area (Å²) >= 11 is 0.907. The van der Waals surface area contributed by atoms with Crippen molar-refractivity contribution in [3.63, 3.8) is 0 Å². The van der Waals surface area contributed by atoms with Crippen LogP contribution in [0.5, 0.6) is 0 Å². The van der Waals surface area contributed by atoms with Gasteiger partial charge in [-0.1, -0.05) is 30.4 Å². The average Bonchev–Trinajstić information content (AvgIpc) is 2.84. The molecule has 18 heavy (non-hydrogen) atoms. The van der Waals surface area contributed by atoms with Gasteiger partial charge in [-0.25, -0.2) is 13.4 Å². The molecular weight excluding hydrogens is 272 g/mol. The van der Waals surface area contributed by atoms with E-state index >= 15 is 0 Å². The monoisotopic (exact) mass is 288 g/mol. The van der Waals surface area contributed by atoms with E-state index in [2.05, 4.69) is 10.3 Å². The fourth-order valence-corrected chi connectivity index (χ4v) is 3.31. The van der Waals surface area contributed by atoms with Crippen LogP contribution in [0.15, 0.2) is 22.7 Å². The second kappa shape index (κ2) is 6.65. The molecule has 1 heterocycles. The Hall–Kier alpha value is -1.21. The highest BCUT2D eigenvalue weighted by Gasteiger charge is 2.18. The zero-order valence-electron chi connectivity index (χ0n) is 10.3. The molecule has 0 bridgehead atoms. The second-order valence-corrected chi connectivity index (χ2v) is 6.99. The lowest BCUT2D eigenvalue weighted by atomic mass is 10.4. The minimum absolute atomic E-state index is 0.00334. The predicted molar refractivity (Wildman–Crippen MR) is 71.6 cm³/mol. The molecule has 0 spiro atoms. The van der Waals surface area contributed by atoms with E-state index in [1.807, 2.05) is 19.1 Å². The van der Waals surface area contributed by atoms with E-state index in [1.165, 1.54) is 6.20 Å². The largest absolute Gasteiger partial charge is 0.351 e. The number of amides is 1. The summed E-state index contributed by atoms with van der Waals surface area (Å²) in [5.41, 5.74) is 0. The van der Waals surface area contributed by atoms with E-state index in [-0.39, 0.29) is 16.0 Å². The Kier molecular flexibility index (Phi) is 5.49. The summed E-state index contributed by atoms with van der Waals surface area (Å²) in [6.07, 6.45) is 5.91. The molecule has 0 radical (unpaired) electrons. The quantitative estimate of drug-likeness (QED) is 0.637. The Labute approximate surface area is 111 Å². The van der Waals surface area contributed by atoms with Crippen molar-refractivity contribution < 1.29 is 13.2 Å². The first-order chi connectivity index (χ1) is 8.51. The third-order valence-electron chi connectivity index (χ3n) is 2.19. The Morgan fingerprint density at radius 2 is 2.28 bits per heavy atom. The number of hydrogen-bond acceptors (Lipinski definition) is 5. The number of rotatable bonds is 6. The topological polar surface area (TPSA) is 76.1 Å². The molecule has 0 aromatic carbocycles. The Bertz CT molecular complexity index is 532. The van der Waals surface area contributed by atoms with Gasteiger partial charge in [0, 0.05) is 6.54 Å². The fourth-order valence-electron chi connectivity index (χ4n) is 1.15. The Balaban J connectivity index is 2.66. The molecular formula is C11H16N2O3S2. The third kappa shape index (κ3) is 3.92. The number of carbonyl (C=O) groups excluding carboxylic acids is 1. The summed E-state index contributed by atoms with van der Waals surface area (Å²) in [5, 5.41) is 2.70. The van der Waals surface area contributed by atoms with Gasteiger partial charge >= 0.3 is 0 Å². The van der Waals surface area contributed by atoms with E-state index < -0.39 is 9.84 Å². The van der Waals surface area contributed by atoms with Crippen LogP contribution in [0.3, 0.4) is 0 Å². The minimum atomic E-state index is -3.32. The van der Waals surface area contributed by atoms with Gasteiger partial charge in [-0.15, -0.1) is 0 Å². The molecule has 0 aliphatic heterocycles. The molecule has 0 unspecified atom stereocenters. The van der Waals surface area contributed by atoms with Crippen LogP contribution < -0.4 is 5.32 Å². The molecule has 0 atom stereocenters. The summed E-state index contributed by atoms with van der Waals surface area (Å²) in [7, 11) is -3.32. The van der Waals surface area contributed by atoms with Gasteiger partial charge in [0.15, 0.2) is 0 Å². The van der Waals surface area contributed by atoms with Crippen LogP contribution in [-0.4, -0.2) is 31.6 Å². The number of thiazole rings is 1. The minimum Gasteiger partial charge on any atom is -0.351 e. The van der Waals surface area contributed by atoms with Gasteiger partial charge in [-0.05, 0) is 13.3 Å². The molecule has 0 aliphatic carbocycles. The first kappa shape index (κ1) is 14.8. The van der Waals surface area contributed by atoms with Crippen molar-refractivity contribution in [3.05, 3.63) is 23.2 Å². The smallest absolute Gasteiger partial charge is 0.263 e. The van der Waals surface area contributed by atoms with Crippen molar-refractivity contribution >= 4 is 27.1 Å². The molecule has 1 N–H and O–H groups in total. The zero-order valence-corrected chi connectivity index (χ0v) is 12.0. The molecule has 0 aliphatic rings. The Morgan fingerprint density at radius 1 is 1.56 bits per heavy atom. The average molecular weight is 288 g/mol. The van der Waals surface area contributed by atoms with E-state index in [1.54, 1.807) is 6.92 Å². The predicted octanol–water partition coefficient (Wildman–Crippen LogP) is 1.63. The zero-order chi connectivity index (χ0) is 13.6. The maximum atomic E-state index is 11.7. The van der Waals surface area contributed by atoms with Crippen molar-refractivity contribution in [2.24, 2.45) is 0 Å².